The van der Waals surface area contributed by atoms with Gasteiger partial charge in [0, 0.05) is 32.2 Å². The first-order valence-corrected chi connectivity index (χ1v) is 10.3. The molecule has 2 aromatic rings. The maximum atomic E-state index is 13.1. The summed E-state index contributed by atoms with van der Waals surface area (Å²) in [5.74, 6) is 1.75. The molecule has 0 aliphatic carbocycles. The van der Waals surface area contributed by atoms with Crippen LogP contribution in [0.1, 0.15) is 38.7 Å². The van der Waals surface area contributed by atoms with Crippen LogP contribution in [0.3, 0.4) is 0 Å². The molecule has 0 saturated carbocycles. The zero-order chi connectivity index (χ0) is 21.7. The van der Waals surface area contributed by atoms with Gasteiger partial charge in [0.2, 0.25) is 0 Å². The molecule has 8 nitrogen and oxygen atoms in total. The molecule has 1 aliphatic heterocycles. The van der Waals surface area contributed by atoms with Crippen LogP contribution >= 0.6 is 0 Å². The lowest BCUT2D eigenvalue weighted by atomic mass is 10.0. The normalized spacial score (nSPS) is 15.2. The molecule has 0 radical (unpaired) electrons. The van der Waals surface area contributed by atoms with Crippen LogP contribution < -0.4 is 9.64 Å². The zero-order valence-electron chi connectivity index (χ0n) is 17.7. The van der Waals surface area contributed by atoms with E-state index in [1.165, 1.54) is 12.3 Å². The van der Waals surface area contributed by atoms with Crippen molar-refractivity contribution in [2.24, 2.45) is 0 Å². The van der Waals surface area contributed by atoms with Gasteiger partial charge in [0.05, 0.1) is 4.92 Å². The fourth-order valence-electron chi connectivity index (χ4n) is 3.56. The van der Waals surface area contributed by atoms with Gasteiger partial charge < -0.3 is 14.5 Å². The Morgan fingerprint density at radius 3 is 2.43 bits per heavy atom. The third kappa shape index (κ3) is 4.87. The van der Waals surface area contributed by atoms with Gasteiger partial charge in [0.25, 0.3) is 11.6 Å². The summed E-state index contributed by atoms with van der Waals surface area (Å²) in [6.07, 6.45) is 1.34. The number of amides is 1. The number of aromatic nitrogens is 1. The third-order valence-electron chi connectivity index (χ3n) is 5.31. The van der Waals surface area contributed by atoms with Crippen molar-refractivity contribution in [1.29, 1.82) is 0 Å². The number of pyridine rings is 1. The predicted molar refractivity (Wildman–Crippen MR) is 115 cm³/mol. The Balaban J connectivity index is 1.61. The molecule has 1 aromatic heterocycles. The van der Waals surface area contributed by atoms with E-state index < -0.39 is 11.0 Å². The molecule has 1 fully saturated rings. The smallest absolute Gasteiger partial charge is 0.287 e. The molecule has 160 valence electrons. The Hall–Kier alpha value is -3.16. The van der Waals surface area contributed by atoms with E-state index in [-0.39, 0.29) is 11.6 Å². The van der Waals surface area contributed by atoms with Crippen LogP contribution in [0, 0.1) is 10.1 Å². The number of piperazine rings is 1. The lowest BCUT2D eigenvalue weighted by molar-refractivity contribution is -0.385. The first kappa shape index (κ1) is 21.5. The van der Waals surface area contributed by atoms with E-state index in [0.717, 1.165) is 11.3 Å². The Labute approximate surface area is 176 Å². The van der Waals surface area contributed by atoms with E-state index in [4.69, 9.17) is 4.74 Å². The number of nitrogens with zero attached hydrogens (tertiary/aromatic N) is 4. The molecule has 3 rings (SSSR count). The summed E-state index contributed by atoms with van der Waals surface area (Å²) < 4.78 is 6.14. The number of hydrogen-bond acceptors (Lipinski definition) is 6. The van der Waals surface area contributed by atoms with Crippen LogP contribution in [0.15, 0.2) is 42.6 Å². The van der Waals surface area contributed by atoms with Crippen LogP contribution in [0.5, 0.6) is 5.75 Å². The molecular formula is C22H28N4O4. The summed E-state index contributed by atoms with van der Waals surface area (Å²) in [6.45, 7) is 8.53. The van der Waals surface area contributed by atoms with E-state index >= 15 is 0 Å². The highest BCUT2D eigenvalue weighted by Gasteiger charge is 2.29. The van der Waals surface area contributed by atoms with Crippen LogP contribution in [0.25, 0.3) is 0 Å². The van der Waals surface area contributed by atoms with E-state index in [9.17, 15) is 14.9 Å². The van der Waals surface area contributed by atoms with Gasteiger partial charge in [-0.2, -0.15) is 0 Å². The molecular weight excluding hydrogens is 384 g/mol. The Bertz CT molecular complexity index is 877. The second-order valence-electron chi connectivity index (χ2n) is 7.65. The van der Waals surface area contributed by atoms with Crippen molar-refractivity contribution in [2.75, 3.05) is 31.1 Å². The number of carbonyl (C=O) groups excluding carboxylic acids is 1. The quantitative estimate of drug-likeness (QED) is 0.510. The predicted octanol–water partition coefficient (Wildman–Crippen LogP) is 3.62. The summed E-state index contributed by atoms with van der Waals surface area (Å²) in [5.41, 5.74) is 1.06. The molecule has 0 N–H and O–H groups in total. The van der Waals surface area contributed by atoms with Crippen molar-refractivity contribution in [3.63, 3.8) is 0 Å². The van der Waals surface area contributed by atoms with Crippen molar-refractivity contribution >= 4 is 17.4 Å². The van der Waals surface area contributed by atoms with Gasteiger partial charge in [0.15, 0.2) is 6.10 Å². The molecule has 8 heteroatoms. The molecule has 0 spiro atoms. The van der Waals surface area contributed by atoms with Crippen LogP contribution in [-0.2, 0) is 4.79 Å². The molecule has 1 unspecified atom stereocenters. The SMILES string of the molecule is CCC(Oc1ccccc1C(C)C)C(=O)N1CCN(c2ccc([N+](=O)[O-])cn2)CC1. The fourth-order valence-corrected chi connectivity index (χ4v) is 3.56. The van der Waals surface area contributed by atoms with Gasteiger partial charge in [-0.15, -0.1) is 0 Å². The summed E-state index contributed by atoms with van der Waals surface area (Å²) in [7, 11) is 0. The van der Waals surface area contributed by atoms with Crippen molar-refractivity contribution in [2.45, 2.75) is 39.2 Å². The maximum Gasteiger partial charge on any atom is 0.287 e. The molecule has 1 aliphatic rings. The lowest BCUT2D eigenvalue weighted by Gasteiger charge is -2.37. The standard InChI is InChI=1S/C22H28N4O4/c1-4-19(30-20-8-6-5-7-18(20)16(2)3)22(27)25-13-11-24(12-14-25)21-10-9-17(15-23-21)26(28)29/h5-10,15-16,19H,4,11-14H2,1-3H3. The number of anilines is 1. The van der Waals surface area contributed by atoms with Crippen molar-refractivity contribution in [1.82, 2.24) is 9.88 Å². The highest BCUT2D eigenvalue weighted by atomic mass is 16.6. The molecule has 2 heterocycles. The number of benzene rings is 1. The average molecular weight is 412 g/mol. The van der Waals surface area contributed by atoms with Gasteiger partial charge in [0.1, 0.15) is 17.8 Å². The highest BCUT2D eigenvalue weighted by molar-refractivity contribution is 5.81. The third-order valence-corrected chi connectivity index (χ3v) is 5.31. The van der Waals surface area contributed by atoms with Gasteiger partial charge in [-0.3, -0.25) is 14.9 Å². The minimum Gasteiger partial charge on any atom is -0.480 e. The van der Waals surface area contributed by atoms with Crippen molar-refractivity contribution in [3.8, 4) is 5.75 Å². The second-order valence-corrected chi connectivity index (χ2v) is 7.65. The van der Waals surface area contributed by atoms with Crippen LogP contribution in [0.2, 0.25) is 0 Å². The average Bonchev–Trinajstić information content (AvgIpc) is 2.77. The number of carbonyl (C=O) groups is 1. The first-order valence-electron chi connectivity index (χ1n) is 10.3. The number of rotatable bonds is 7. The van der Waals surface area contributed by atoms with Gasteiger partial charge in [-0.1, -0.05) is 39.0 Å². The topological polar surface area (TPSA) is 88.8 Å². The maximum absolute atomic E-state index is 13.1. The van der Waals surface area contributed by atoms with Gasteiger partial charge in [-0.25, -0.2) is 4.98 Å². The number of ether oxygens (including phenoxy) is 1. The van der Waals surface area contributed by atoms with Gasteiger partial charge >= 0.3 is 0 Å². The van der Waals surface area contributed by atoms with Gasteiger partial charge in [-0.05, 0) is 30.0 Å². The van der Waals surface area contributed by atoms with E-state index in [2.05, 4.69) is 18.8 Å². The van der Waals surface area contributed by atoms with E-state index in [1.807, 2.05) is 41.0 Å². The largest absolute Gasteiger partial charge is 0.480 e. The van der Waals surface area contributed by atoms with Crippen molar-refractivity contribution < 1.29 is 14.5 Å². The van der Waals surface area contributed by atoms with E-state index in [1.54, 1.807) is 6.07 Å². The fraction of sp³-hybridized carbons (Fsp3) is 0.455. The molecule has 1 aromatic carbocycles. The molecule has 0 bridgehead atoms. The second kappa shape index (κ2) is 9.56. The van der Waals surface area contributed by atoms with Crippen LogP contribution in [0.4, 0.5) is 11.5 Å². The molecule has 1 atom stereocenters. The monoisotopic (exact) mass is 412 g/mol. The minimum atomic E-state index is -0.519. The van der Waals surface area contributed by atoms with E-state index in [0.29, 0.717) is 44.3 Å². The lowest BCUT2D eigenvalue weighted by Crippen LogP contribution is -2.52. The molecule has 1 amide bonds. The van der Waals surface area contributed by atoms with Crippen LogP contribution in [-0.4, -0.2) is 53.0 Å². The Kier molecular flexibility index (Phi) is 6.87. The first-order chi connectivity index (χ1) is 14.4. The number of para-hydroxylation sites is 1. The number of nitro groups is 1. The zero-order valence-corrected chi connectivity index (χ0v) is 17.7. The minimum absolute atomic E-state index is 0.00707. The molecule has 30 heavy (non-hydrogen) atoms. The summed E-state index contributed by atoms with van der Waals surface area (Å²) in [4.78, 5) is 31.4. The summed E-state index contributed by atoms with van der Waals surface area (Å²) >= 11 is 0. The summed E-state index contributed by atoms with van der Waals surface area (Å²) in [5, 5.41) is 10.8. The molecule has 1 saturated heterocycles. The number of hydrogen-bond donors (Lipinski definition) is 0. The van der Waals surface area contributed by atoms with Crippen molar-refractivity contribution in [3.05, 3.63) is 58.3 Å². The highest BCUT2D eigenvalue weighted by Crippen LogP contribution is 2.27. The Morgan fingerprint density at radius 2 is 1.87 bits per heavy atom. The summed E-state index contributed by atoms with van der Waals surface area (Å²) in [6, 6.07) is 11.0. The Morgan fingerprint density at radius 1 is 1.17 bits per heavy atom.